The molecule has 0 saturated carbocycles. The molecule has 0 spiro atoms. The highest BCUT2D eigenvalue weighted by molar-refractivity contribution is 5.67. The highest BCUT2D eigenvalue weighted by Crippen LogP contribution is 2.19. The van der Waals surface area contributed by atoms with Gasteiger partial charge in [0.05, 0.1) is 13.2 Å². The summed E-state index contributed by atoms with van der Waals surface area (Å²) in [4.78, 5) is 10.2. The molecule has 1 rings (SSSR count). The standard InChI is InChI=1S/C13H18O4/c1-10-4-5-11(2)12(8-10)17-7-3-6-16-9-13(14)15/h4-5,8H,3,6-7,9H2,1-2H3,(H,14,15). The predicted octanol–water partition coefficient (Wildman–Crippen LogP) is 2.17. The number of aliphatic carboxylic acids is 1. The molecular weight excluding hydrogens is 220 g/mol. The van der Waals surface area contributed by atoms with E-state index in [0.29, 0.717) is 19.6 Å². The first-order valence-corrected chi connectivity index (χ1v) is 5.59. The average Bonchev–Trinajstić information content (AvgIpc) is 2.27. The Morgan fingerprint density at radius 2 is 2.06 bits per heavy atom. The number of hydrogen-bond acceptors (Lipinski definition) is 3. The second kappa shape index (κ2) is 6.91. The molecule has 1 aromatic rings. The van der Waals surface area contributed by atoms with E-state index in [0.717, 1.165) is 16.9 Å². The van der Waals surface area contributed by atoms with Crippen molar-refractivity contribution in [1.29, 1.82) is 0 Å². The first kappa shape index (κ1) is 13.5. The largest absolute Gasteiger partial charge is 0.493 e. The number of rotatable bonds is 7. The lowest BCUT2D eigenvalue weighted by atomic mass is 10.1. The van der Waals surface area contributed by atoms with Gasteiger partial charge < -0.3 is 14.6 Å². The van der Waals surface area contributed by atoms with E-state index in [1.807, 2.05) is 32.0 Å². The molecule has 0 fully saturated rings. The van der Waals surface area contributed by atoms with E-state index < -0.39 is 5.97 Å². The van der Waals surface area contributed by atoms with Crippen LogP contribution >= 0.6 is 0 Å². The molecule has 4 nitrogen and oxygen atoms in total. The van der Waals surface area contributed by atoms with Gasteiger partial charge >= 0.3 is 5.97 Å². The summed E-state index contributed by atoms with van der Waals surface area (Å²) in [6.07, 6.45) is 0.681. The van der Waals surface area contributed by atoms with Crippen molar-refractivity contribution in [2.24, 2.45) is 0 Å². The van der Waals surface area contributed by atoms with Crippen LogP contribution in [0.2, 0.25) is 0 Å². The summed E-state index contributed by atoms with van der Waals surface area (Å²) in [5.74, 6) is -0.0660. The lowest BCUT2D eigenvalue weighted by Crippen LogP contribution is -2.10. The van der Waals surface area contributed by atoms with Crippen molar-refractivity contribution in [3.05, 3.63) is 29.3 Å². The summed E-state index contributed by atoms with van der Waals surface area (Å²) >= 11 is 0. The van der Waals surface area contributed by atoms with Crippen molar-refractivity contribution < 1.29 is 19.4 Å². The van der Waals surface area contributed by atoms with Crippen LogP contribution < -0.4 is 4.74 Å². The SMILES string of the molecule is Cc1ccc(C)c(OCCCOCC(=O)O)c1. The van der Waals surface area contributed by atoms with Gasteiger partial charge in [-0.15, -0.1) is 0 Å². The second-order valence-corrected chi connectivity index (χ2v) is 3.92. The van der Waals surface area contributed by atoms with E-state index in [-0.39, 0.29) is 6.61 Å². The maximum Gasteiger partial charge on any atom is 0.329 e. The monoisotopic (exact) mass is 238 g/mol. The van der Waals surface area contributed by atoms with Crippen LogP contribution in [0.3, 0.4) is 0 Å². The Balaban J connectivity index is 2.22. The minimum atomic E-state index is -0.944. The maximum atomic E-state index is 10.2. The van der Waals surface area contributed by atoms with Gasteiger partial charge in [0.15, 0.2) is 0 Å². The van der Waals surface area contributed by atoms with Gasteiger partial charge in [-0.05, 0) is 31.0 Å². The number of ether oxygens (including phenoxy) is 2. The number of hydrogen-bond donors (Lipinski definition) is 1. The third-order valence-electron chi connectivity index (χ3n) is 2.26. The Morgan fingerprint density at radius 3 is 2.76 bits per heavy atom. The fourth-order valence-electron chi connectivity index (χ4n) is 1.37. The van der Waals surface area contributed by atoms with Gasteiger partial charge in [0, 0.05) is 6.42 Å². The molecule has 4 heteroatoms. The normalized spacial score (nSPS) is 10.2. The molecule has 1 aromatic carbocycles. The maximum absolute atomic E-state index is 10.2. The van der Waals surface area contributed by atoms with E-state index >= 15 is 0 Å². The molecule has 17 heavy (non-hydrogen) atoms. The van der Waals surface area contributed by atoms with Crippen LogP contribution in [0.5, 0.6) is 5.75 Å². The summed E-state index contributed by atoms with van der Waals surface area (Å²) in [5.41, 5.74) is 2.26. The first-order chi connectivity index (χ1) is 8.09. The van der Waals surface area contributed by atoms with Gasteiger partial charge in [-0.2, -0.15) is 0 Å². The number of carbonyl (C=O) groups is 1. The molecule has 1 N–H and O–H groups in total. The predicted molar refractivity (Wildman–Crippen MR) is 64.5 cm³/mol. The highest BCUT2D eigenvalue weighted by Gasteiger charge is 2.00. The van der Waals surface area contributed by atoms with Crippen LogP contribution in [-0.2, 0) is 9.53 Å². The van der Waals surface area contributed by atoms with Crippen molar-refractivity contribution >= 4 is 5.97 Å². The molecule has 0 amide bonds. The van der Waals surface area contributed by atoms with Crippen molar-refractivity contribution in [1.82, 2.24) is 0 Å². The molecular formula is C13H18O4. The molecule has 0 aliphatic rings. The third kappa shape index (κ3) is 5.36. The zero-order valence-corrected chi connectivity index (χ0v) is 10.2. The Hall–Kier alpha value is -1.55. The topological polar surface area (TPSA) is 55.8 Å². The van der Waals surface area contributed by atoms with Crippen molar-refractivity contribution in [2.75, 3.05) is 19.8 Å². The van der Waals surface area contributed by atoms with Crippen molar-refractivity contribution in [3.63, 3.8) is 0 Å². The number of carboxylic acids is 1. The fourth-order valence-corrected chi connectivity index (χ4v) is 1.37. The van der Waals surface area contributed by atoms with Gasteiger partial charge in [-0.1, -0.05) is 12.1 Å². The molecule has 0 aromatic heterocycles. The molecule has 0 saturated heterocycles. The van der Waals surface area contributed by atoms with E-state index in [2.05, 4.69) is 0 Å². The molecule has 0 unspecified atom stereocenters. The summed E-state index contributed by atoms with van der Waals surface area (Å²) in [6.45, 7) is 4.70. The summed E-state index contributed by atoms with van der Waals surface area (Å²) < 4.78 is 10.5. The molecule has 0 aliphatic carbocycles. The average molecular weight is 238 g/mol. The molecule has 0 radical (unpaired) electrons. The van der Waals surface area contributed by atoms with E-state index in [1.54, 1.807) is 0 Å². The minimum Gasteiger partial charge on any atom is -0.493 e. The molecule has 0 bridgehead atoms. The minimum absolute atomic E-state index is 0.247. The van der Waals surface area contributed by atoms with Crippen molar-refractivity contribution in [3.8, 4) is 5.75 Å². The number of benzene rings is 1. The molecule has 0 heterocycles. The van der Waals surface area contributed by atoms with Gasteiger partial charge in [0.1, 0.15) is 12.4 Å². The Morgan fingerprint density at radius 1 is 1.29 bits per heavy atom. The Bertz CT molecular complexity index is 374. The highest BCUT2D eigenvalue weighted by atomic mass is 16.5. The van der Waals surface area contributed by atoms with E-state index in [4.69, 9.17) is 14.6 Å². The molecule has 94 valence electrons. The van der Waals surface area contributed by atoms with Crippen LogP contribution in [-0.4, -0.2) is 30.9 Å². The summed E-state index contributed by atoms with van der Waals surface area (Å²) in [6, 6.07) is 6.05. The number of carboxylic acid groups (broad SMARTS) is 1. The second-order valence-electron chi connectivity index (χ2n) is 3.92. The smallest absolute Gasteiger partial charge is 0.329 e. The lowest BCUT2D eigenvalue weighted by Gasteiger charge is -2.09. The summed E-state index contributed by atoms with van der Waals surface area (Å²) in [7, 11) is 0. The summed E-state index contributed by atoms with van der Waals surface area (Å²) in [5, 5.41) is 8.36. The zero-order valence-electron chi connectivity index (χ0n) is 10.2. The first-order valence-electron chi connectivity index (χ1n) is 5.59. The Labute approximate surface area is 101 Å². The van der Waals surface area contributed by atoms with Crippen LogP contribution in [0.1, 0.15) is 17.5 Å². The lowest BCUT2D eigenvalue weighted by molar-refractivity contribution is -0.142. The third-order valence-corrected chi connectivity index (χ3v) is 2.26. The quantitative estimate of drug-likeness (QED) is 0.740. The van der Waals surface area contributed by atoms with Gasteiger partial charge in [0.25, 0.3) is 0 Å². The van der Waals surface area contributed by atoms with E-state index in [1.165, 1.54) is 0 Å². The fraction of sp³-hybridized carbons (Fsp3) is 0.462. The van der Waals surface area contributed by atoms with E-state index in [9.17, 15) is 4.79 Å². The van der Waals surface area contributed by atoms with Gasteiger partial charge in [0.2, 0.25) is 0 Å². The molecule has 0 atom stereocenters. The van der Waals surface area contributed by atoms with Gasteiger partial charge in [-0.3, -0.25) is 0 Å². The van der Waals surface area contributed by atoms with Crippen molar-refractivity contribution in [2.45, 2.75) is 20.3 Å². The molecule has 0 aliphatic heterocycles. The van der Waals surface area contributed by atoms with Gasteiger partial charge in [-0.25, -0.2) is 4.79 Å². The van der Waals surface area contributed by atoms with Crippen LogP contribution in [0, 0.1) is 13.8 Å². The zero-order chi connectivity index (χ0) is 12.7. The number of aryl methyl sites for hydroxylation is 2. The van der Waals surface area contributed by atoms with Crippen LogP contribution in [0.25, 0.3) is 0 Å². The van der Waals surface area contributed by atoms with Crippen LogP contribution in [0.15, 0.2) is 18.2 Å². The Kier molecular flexibility index (Phi) is 5.49. The van der Waals surface area contributed by atoms with Crippen LogP contribution in [0.4, 0.5) is 0 Å².